The molecule has 8 heteroatoms. The minimum atomic E-state index is -0.769. The van der Waals surface area contributed by atoms with Gasteiger partial charge in [-0.05, 0) is 41.7 Å². The highest BCUT2D eigenvalue weighted by molar-refractivity contribution is 6.13. The molecule has 1 aliphatic rings. The zero-order chi connectivity index (χ0) is 21.1. The van der Waals surface area contributed by atoms with E-state index in [1.807, 2.05) is 30.3 Å². The lowest BCUT2D eigenvalue weighted by atomic mass is 10.0. The van der Waals surface area contributed by atoms with Crippen molar-refractivity contribution < 1.29 is 14.3 Å². The molecule has 1 aliphatic heterocycles. The first kappa shape index (κ1) is 19.9. The van der Waals surface area contributed by atoms with Crippen LogP contribution < -0.4 is 22.1 Å². The molecule has 30 heavy (non-hydrogen) atoms. The summed E-state index contributed by atoms with van der Waals surface area (Å²) in [5.74, 6) is -0.435. The van der Waals surface area contributed by atoms with E-state index in [4.69, 9.17) is 16.2 Å². The van der Waals surface area contributed by atoms with Gasteiger partial charge in [-0.3, -0.25) is 10.1 Å². The van der Waals surface area contributed by atoms with Crippen LogP contribution in [0.5, 0.6) is 0 Å². The fraction of sp³-hybridized carbons (Fsp3) is 0.273. The molecule has 3 aromatic rings. The molecule has 3 amide bonds. The van der Waals surface area contributed by atoms with Crippen molar-refractivity contribution in [2.45, 2.75) is 25.4 Å². The first-order valence-electron chi connectivity index (χ1n) is 9.93. The van der Waals surface area contributed by atoms with Gasteiger partial charge in [-0.15, -0.1) is 0 Å². The molecule has 1 aromatic heterocycles. The van der Waals surface area contributed by atoms with E-state index in [2.05, 4.69) is 27.8 Å². The minimum Gasteiger partial charge on any atom is -0.381 e. The van der Waals surface area contributed by atoms with Crippen LogP contribution in [0.25, 0.3) is 22.0 Å². The Morgan fingerprint density at radius 3 is 2.57 bits per heavy atom. The van der Waals surface area contributed by atoms with Gasteiger partial charge in [-0.25, -0.2) is 4.79 Å². The Morgan fingerprint density at radius 2 is 1.83 bits per heavy atom. The molecule has 0 spiro atoms. The van der Waals surface area contributed by atoms with Crippen LogP contribution in [0.3, 0.4) is 0 Å². The van der Waals surface area contributed by atoms with Crippen molar-refractivity contribution in [1.82, 2.24) is 10.3 Å². The van der Waals surface area contributed by atoms with Crippen LogP contribution in [0.4, 0.5) is 10.6 Å². The highest BCUT2D eigenvalue weighted by atomic mass is 16.5. The number of aromatic nitrogens is 1. The third-order valence-electron chi connectivity index (χ3n) is 5.37. The molecule has 156 valence electrons. The number of hydrogen-bond acceptors (Lipinski definition) is 4. The SMILES string of the molecule is NC(=O)Nc1[nH]c2cc(-c3cccc(CNC4CCOCC4)c3)ccc2c1C(N)=O. The standard InChI is InChI=1S/C22H25N5O3/c23-20(28)19-17-5-4-15(11-18(17)26-21(19)27-22(24)29)14-3-1-2-13(10-14)12-25-16-6-8-30-9-7-16/h1-5,10-11,16,25-26H,6-9,12H2,(H2,23,28)(H3,24,27,29). The number of H-pyrrole nitrogens is 1. The van der Waals surface area contributed by atoms with Gasteiger partial charge in [-0.2, -0.15) is 0 Å². The van der Waals surface area contributed by atoms with Crippen LogP contribution >= 0.6 is 0 Å². The first-order chi connectivity index (χ1) is 14.5. The number of urea groups is 1. The number of aromatic amines is 1. The number of benzene rings is 2. The lowest BCUT2D eigenvalue weighted by molar-refractivity contribution is 0.0776. The van der Waals surface area contributed by atoms with E-state index in [-0.39, 0.29) is 11.4 Å². The van der Waals surface area contributed by atoms with Crippen molar-refractivity contribution in [3.8, 4) is 11.1 Å². The second-order valence-electron chi connectivity index (χ2n) is 7.46. The number of rotatable bonds is 6. The van der Waals surface area contributed by atoms with Crippen molar-refractivity contribution in [2.24, 2.45) is 11.5 Å². The van der Waals surface area contributed by atoms with Crippen LogP contribution in [0.2, 0.25) is 0 Å². The smallest absolute Gasteiger partial charge is 0.317 e. The number of hydrogen-bond donors (Lipinski definition) is 5. The summed E-state index contributed by atoms with van der Waals surface area (Å²) in [4.78, 5) is 26.2. The van der Waals surface area contributed by atoms with Crippen molar-refractivity contribution >= 4 is 28.7 Å². The van der Waals surface area contributed by atoms with Gasteiger partial charge < -0.3 is 26.5 Å². The molecule has 0 aliphatic carbocycles. The third-order valence-corrected chi connectivity index (χ3v) is 5.37. The molecule has 0 unspecified atom stereocenters. The topological polar surface area (TPSA) is 135 Å². The van der Waals surface area contributed by atoms with E-state index in [0.717, 1.165) is 43.7 Å². The quantitative estimate of drug-likeness (QED) is 0.429. The van der Waals surface area contributed by atoms with Crippen LogP contribution in [-0.2, 0) is 11.3 Å². The Hall–Kier alpha value is -3.36. The Labute approximate surface area is 174 Å². The number of nitrogens with two attached hydrogens (primary N) is 2. The number of fused-ring (bicyclic) bond motifs is 1. The van der Waals surface area contributed by atoms with Gasteiger partial charge in [0, 0.05) is 36.7 Å². The fourth-order valence-electron chi connectivity index (χ4n) is 3.87. The molecule has 0 radical (unpaired) electrons. The Bertz CT molecular complexity index is 1090. The number of amides is 3. The number of carbonyl (C=O) groups is 2. The van der Waals surface area contributed by atoms with Crippen molar-refractivity contribution in [3.63, 3.8) is 0 Å². The maximum absolute atomic E-state index is 11.9. The summed E-state index contributed by atoms with van der Waals surface area (Å²) < 4.78 is 5.41. The van der Waals surface area contributed by atoms with E-state index >= 15 is 0 Å². The van der Waals surface area contributed by atoms with Crippen LogP contribution in [0.1, 0.15) is 28.8 Å². The summed E-state index contributed by atoms with van der Waals surface area (Å²) in [7, 11) is 0. The highest BCUT2D eigenvalue weighted by Crippen LogP contribution is 2.30. The van der Waals surface area contributed by atoms with E-state index in [1.54, 1.807) is 0 Å². The monoisotopic (exact) mass is 407 g/mol. The molecule has 0 saturated carbocycles. The molecule has 2 aromatic carbocycles. The van der Waals surface area contributed by atoms with Crippen molar-refractivity contribution in [2.75, 3.05) is 18.5 Å². The van der Waals surface area contributed by atoms with Crippen LogP contribution in [0, 0.1) is 0 Å². The average molecular weight is 407 g/mol. The zero-order valence-electron chi connectivity index (χ0n) is 16.5. The van der Waals surface area contributed by atoms with Crippen LogP contribution in [-0.4, -0.2) is 36.2 Å². The maximum Gasteiger partial charge on any atom is 0.317 e. The van der Waals surface area contributed by atoms with E-state index in [1.165, 1.54) is 5.56 Å². The molecule has 8 nitrogen and oxygen atoms in total. The van der Waals surface area contributed by atoms with Gasteiger partial charge >= 0.3 is 6.03 Å². The second kappa shape index (κ2) is 8.56. The molecule has 4 rings (SSSR count). The molecule has 0 bridgehead atoms. The summed E-state index contributed by atoms with van der Waals surface area (Å²) >= 11 is 0. The normalized spacial score (nSPS) is 14.7. The van der Waals surface area contributed by atoms with Gasteiger partial charge in [0.05, 0.1) is 5.56 Å². The second-order valence-corrected chi connectivity index (χ2v) is 7.46. The molecular weight excluding hydrogens is 382 g/mol. The van der Waals surface area contributed by atoms with Gasteiger partial charge in [-0.1, -0.05) is 30.3 Å². The van der Waals surface area contributed by atoms with Crippen LogP contribution in [0.15, 0.2) is 42.5 Å². The summed E-state index contributed by atoms with van der Waals surface area (Å²) in [5.41, 5.74) is 14.8. The van der Waals surface area contributed by atoms with Crippen molar-refractivity contribution in [1.29, 1.82) is 0 Å². The van der Waals surface area contributed by atoms with Gasteiger partial charge in [0.1, 0.15) is 5.82 Å². The highest BCUT2D eigenvalue weighted by Gasteiger charge is 2.18. The third kappa shape index (κ3) is 4.29. The number of anilines is 1. The summed E-state index contributed by atoms with van der Waals surface area (Å²) in [6.07, 6.45) is 2.07. The molecule has 1 fully saturated rings. The lowest BCUT2D eigenvalue weighted by Gasteiger charge is -2.23. The largest absolute Gasteiger partial charge is 0.381 e. The van der Waals surface area contributed by atoms with Gasteiger partial charge in [0.15, 0.2) is 0 Å². The molecule has 2 heterocycles. The van der Waals surface area contributed by atoms with E-state index in [0.29, 0.717) is 16.9 Å². The number of ether oxygens (including phenoxy) is 1. The summed E-state index contributed by atoms with van der Waals surface area (Å²) in [5, 5.41) is 6.66. The average Bonchev–Trinajstić information content (AvgIpc) is 3.09. The predicted octanol–water partition coefficient (Wildman–Crippen LogP) is 2.69. The van der Waals surface area contributed by atoms with Gasteiger partial charge in [0.2, 0.25) is 0 Å². The summed E-state index contributed by atoms with van der Waals surface area (Å²) in [6, 6.07) is 13.7. The van der Waals surface area contributed by atoms with E-state index in [9.17, 15) is 9.59 Å². The molecule has 7 N–H and O–H groups in total. The zero-order valence-corrected chi connectivity index (χ0v) is 16.5. The fourth-order valence-corrected chi connectivity index (χ4v) is 3.87. The minimum absolute atomic E-state index is 0.205. The number of carbonyl (C=O) groups excluding carboxylic acids is 2. The Morgan fingerprint density at radius 1 is 1.07 bits per heavy atom. The molecular formula is C22H25N5O3. The maximum atomic E-state index is 11.9. The Kier molecular flexibility index (Phi) is 5.69. The summed E-state index contributed by atoms with van der Waals surface area (Å²) in [6.45, 7) is 2.42. The Balaban J connectivity index is 1.59. The predicted molar refractivity (Wildman–Crippen MR) is 116 cm³/mol. The number of nitrogens with one attached hydrogen (secondary N) is 3. The molecule has 0 atom stereocenters. The van der Waals surface area contributed by atoms with Gasteiger partial charge in [0.25, 0.3) is 5.91 Å². The molecule has 1 saturated heterocycles. The lowest BCUT2D eigenvalue weighted by Crippen LogP contribution is -2.34. The number of primary amides is 2. The van der Waals surface area contributed by atoms with E-state index < -0.39 is 11.9 Å². The first-order valence-corrected chi connectivity index (χ1v) is 9.93. The van der Waals surface area contributed by atoms with Crippen molar-refractivity contribution in [3.05, 3.63) is 53.6 Å².